The molecule has 2 heterocycles. The monoisotopic (exact) mass is 396 g/mol. The molecule has 0 spiro atoms. The van der Waals surface area contributed by atoms with Crippen LogP contribution in [0.4, 0.5) is 0 Å². The van der Waals surface area contributed by atoms with Gasteiger partial charge in [0.25, 0.3) is 0 Å². The molecule has 0 fully saturated rings. The van der Waals surface area contributed by atoms with Crippen molar-refractivity contribution in [1.29, 1.82) is 0 Å². The van der Waals surface area contributed by atoms with Crippen LogP contribution in [0.1, 0.15) is 33.6 Å². The first-order chi connectivity index (χ1) is 7.91. The lowest BCUT2D eigenvalue weighted by atomic mass is 10.0. The van der Waals surface area contributed by atoms with E-state index in [-0.39, 0.29) is 5.38 Å². The van der Waals surface area contributed by atoms with Gasteiger partial charge in [-0.25, -0.2) is 0 Å². The van der Waals surface area contributed by atoms with Gasteiger partial charge in [0, 0.05) is 11.1 Å². The number of hydrogen-bond acceptors (Lipinski definition) is 2. The molecule has 17 heavy (non-hydrogen) atoms. The summed E-state index contributed by atoms with van der Waals surface area (Å²) in [5.74, 6) is 1.84. The van der Waals surface area contributed by atoms with Crippen LogP contribution in [0, 0.1) is 20.8 Å². The Bertz CT molecular complexity index is 559. The second-order valence-electron chi connectivity index (χ2n) is 3.90. The van der Waals surface area contributed by atoms with E-state index in [2.05, 4.69) is 31.9 Å². The Balaban J connectivity index is 2.50. The summed E-state index contributed by atoms with van der Waals surface area (Å²) in [5, 5.41) is -0.177. The van der Waals surface area contributed by atoms with Crippen molar-refractivity contribution < 1.29 is 4.42 Å². The van der Waals surface area contributed by atoms with Crippen molar-refractivity contribution in [3.63, 3.8) is 0 Å². The molecule has 0 radical (unpaired) electrons. The zero-order valence-corrected chi connectivity index (χ0v) is 14.3. The van der Waals surface area contributed by atoms with Crippen LogP contribution in [0.25, 0.3) is 0 Å². The molecular formula is C12H11Br2ClOS. The van der Waals surface area contributed by atoms with Crippen molar-refractivity contribution in [3.05, 3.63) is 41.9 Å². The van der Waals surface area contributed by atoms with Crippen LogP contribution >= 0.6 is 54.8 Å². The average molecular weight is 399 g/mol. The quantitative estimate of drug-likeness (QED) is 0.556. The van der Waals surface area contributed by atoms with Gasteiger partial charge in [0.2, 0.25) is 0 Å². The smallest absolute Gasteiger partial charge is 0.106 e. The Kier molecular flexibility index (Phi) is 4.08. The van der Waals surface area contributed by atoms with Crippen molar-refractivity contribution >= 4 is 54.8 Å². The molecule has 0 aliphatic heterocycles. The molecule has 1 atom stereocenters. The minimum Gasteiger partial charge on any atom is -0.466 e. The highest BCUT2D eigenvalue weighted by Gasteiger charge is 2.23. The molecule has 1 unspecified atom stereocenters. The SMILES string of the molecule is Cc1oc(C)c(C(Cl)c2cc(Br)sc2Br)c1C. The molecule has 2 aromatic heterocycles. The molecule has 0 aliphatic rings. The number of hydrogen-bond donors (Lipinski definition) is 0. The number of alkyl halides is 1. The van der Waals surface area contributed by atoms with Crippen molar-refractivity contribution in [2.45, 2.75) is 26.1 Å². The third kappa shape index (κ3) is 2.50. The van der Waals surface area contributed by atoms with Gasteiger partial charge < -0.3 is 4.42 Å². The Morgan fingerprint density at radius 2 is 1.88 bits per heavy atom. The summed E-state index contributed by atoms with van der Waals surface area (Å²) in [6.07, 6.45) is 0. The van der Waals surface area contributed by atoms with Crippen LogP contribution < -0.4 is 0 Å². The van der Waals surface area contributed by atoms with Crippen LogP contribution in [0.15, 0.2) is 18.1 Å². The van der Waals surface area contributed by atoms with Gasteiger partial charge in [-0.2, -0.15) is 0 Å². The van der Waals surface area contributed by atoms with Crippen molar-refractivity contribution in [2.75, 3.05) is 0 Å². The zero-order valence-electron chi connectivity index (χ0n) is 9.61. The van der Waals surface area contributed by atoms with Crippen molar-refractivity contribution in [1.82, 2.24) is 0 Å². The fourth-order valence-corrected chi connectivity index (χ4v) is 5.45. The predicted octanol–water partition coefficient (Wildman–Crippen LogP) is 6.12. The number of furan rings is 1. The molecular weight excluding hydrogens is 387 g/mol. The average Bonchev–Trinajstić information content (AvgIpc) is 2.68. The van der Waals surface area contributed by atoms with Crippen molar-refractivity contribution in [2.24, 2.45) is 0 Å². The topological polar surface area (TPSA) is 13.1 Å². The Morgan fingerprint density at radius 3 is 2.29 bits per heavy atom. The maximum absolute atomic E-state index is 6.57. The van der Waals surface area contributed by atoms with E-state index in [0.717, 1.165) is 35.8 Å². The maximum Gasteiger partial charge on any atom is 0.106 e. The molecule has 1 nitrogen and oxygen atoms in total. The van der Waals surface area contributed by atoms with E-state index in [4.69, 9.17) is 16.0 Å². The van der Waals surface area contributed by atoms with Gasteiger partial charge in [0.1, 0.15) is 11.5 Å². The highest BCUT2D eigenvalue weighted by atomic mass is 79.9. The van der Waals surface area contributed by atoms with E-state index in [1.807, 2.05) is 26.8 Å². The molecule has 0 aliphatic carbocycles. The summed E-state index contributed by atoms with van der Waals surface area (Å²) < 4.78 is 7.75. The van der Waals surface area contributed by atoms with Gasteiger partial charge in [-0.1, -0.05) is 0 Å². The van der Waals surface area contributed by atoms with Crippen LogP contribution in [-0.2, 0) is 0 Å². The minimum atomic E-state index is -0.177. The lowest BCUT2D eigenvalue weighted by molar-refractivity contribution is 0.500. The largest absolute Gasteiger partial charge is 0.466 e. The third-order valence-corrected chi connectivity index (χ3v) is 5.67. The van der Waals surface area contributed by atoms with Gasteiger partial charge in [0.15, 0.2) is 0 Å². The maximum atomic E-state index is 6.57. The summed E-state index contributed by atoms with van der Waals surface area (Å²) >= 11 is 15.2. The van der Waals surface area contributed by atoms with Gasteiger partial charge in [-0.3, -0.25) is 0 Å². The fourth-order valence-electron chi connectivity index (χ4n) is 1.86. The molecule has 0 bridgehead atoms. The van der Waals surface area contributed by atoms with E-state index >= 15 is 0 Å². The molecule has 2 rings (SSSR count). The first-order valence-electron chi connectivity index (χ1n) is 5.07. The molecule has 5 heteroatoms. The minimum absolute atomic E-state index is 0.177. The summed E-state index contributed by atoms with van der Waals surface area (Å²) in [4.78, 5) is 0. The molecule has 0 amide bonds. The van der Waals surface area contributed by atoms with Crippen LogP contribution in [0.2, 0.25) is 0 Å². The van der Waals surface area contributed by atoms with Gasteiger partial charge in [-0.15, -0.1) is 22.9 Å². The highest BCUT2D eigenvalue weighted by Crippen LogP contribution is 2.43. The van der Waals surface area contributed by atoms with E-state index in [0.29, 0.717) is 0 Å². The standard InChI is InChI=1S/C12H11Br2ClOS/c1-5-6(2)16-7(3)10(5)11(15)8-4-9(13)17-12(8)14/h4,11H,1-3H3. The number of halogens is 3. The van der Waals surface area contributed by atoms with E-state index in [1.165, 1.54) is 0 Å². The molecule has 92 valence electrons. The van der Waals surface area contributed by atoms with Gasteiger partial charge in [-0.05, 0) is 64.3 Å². The Labute approximate surface area is 126 Å². The normalized spacial score (nSPS) is 13.1. The van der Waals surface area contributed by atoms with Crippen molar-refractivity contribution in [3.8, 4) is 0 Å². The van der Waals surface area contributed by atoms with Gasteiger partial charge >= 0.3 is 0 Å². The Hall–Kier alpha value is 0.230. The Morgan fingerprint density at radius 1 is 1.24 bits per heavy atom. The molecule has 0 N–H and O–H groups in total. The highest BCUT2D eigenvalue weighted by molar-refractivity contribution is 9.12. The van der Waals surface area contributed by atoms with Crippen LogP contribution in [0.5, 0.6) is 0 Å². The van der Waals surface area contributed by atoms with E-state index in [9.17, 15) is 0 Å². The zero-order chi connectivity index (χ0) is 12.7. The van der Waals surface area contributed by atoms with Gasteiger partial charge in [0.05, 0.1) is 12.9 Å². The summed E-state index contributed by atoms with van der Waals surface area (Å²) in [7, 11) is 0. The van der Waals surface area contributed by atoms with E-state index in [1.54, 1.807) is 11.3 Å². The lowest BCUT2D eigenvalue weighted by Gasteiger charge is -2.09. The predicted molar refractivity (Wildman–Crippen MR) is 80.3 cm³/mol. The van der Waals surface area contributed by atoms with Crippen LogP contribution in [0.3, 0.4) is 0 Å². The van der Waals surface area contributed by atoms with E-state index < -0.39 is 0 Å². The summed E-state index contributed by atoms with van der Waals surface area (Å²) in [6.45, 7) is 5.97. The second kappa shape index (κ2) is 5.08. The third-order valence-electron chi connectivity index (χ3n) is 2.83. The summed E-state index contributed by atoms with van der Waals surface area (Å²) in [5.41, 5.74) is 3.29. The van der Waals surface area contributed by atoms with Crippen LogP contribution in [-0.4, -0.2) is 0 Å². The second-order valence-corrected chi connectivity index (χ2v) is 8.08. The lowest BCUT2D eigenvalue weighted by Crippen LogP contribution is -1.95. The molecule has 2 aromatic rings. The summed E-state index contributed by atoms with van der Waals surface area (Å²) in [6, 6.07) is 2.05. The number of thiophene rings is 1. The fraction of sp³-hybridized carbons (Fsp3) is 0.333. The molecule has 0 saturated carbocycles. The number of aryl methyl sites for hydroxylation is 2. The first-order valence-corrected chi connectivity index (χ1v) is 7.91. The molecule has 0 saturated heterocycles. The number of rotatable bonds is 2. The first kappa shape index (κ1) is 13.7. The molecule has 0 aromatic carbocycles.